The monoisotopic (exact) mass is 256 g/mol. The first-order valence-electron chi connectivity index (χ1n) is 4.69. The van der Waals surface area contributed by atoms with Gasteiger partial charge in [0.15, 0.2) is 11.6 Å². The van der Waals surface area contributed by atoms with Crippen molar-refractivity contribution >= 4 is 11.6 Å². The summed E-state index contributed by atoms with van der Waals surface area (Å²) in [5.41, 5.74) is 0.566. The molecule has 0 atom stereocenters. The highest BCUT2D eigenvalue weighted by Crippen LogP contribution is 2.25. The fraction of sp³-hybridized carbons (Fsp3) is 0.0909. The molecule has 0 bridgehead atoms. The second-order valence-electron chi connectivity index (χ2n) is 3.27. The van der Waals surface area contributed by atoms with Crippen LogP contribution in [-0.2, 0) is 0 Å². The molecule has 0 unspecified atom stereocenters. The first-order valence-corrected chi connectivity index (χ1v) is 5.07. The molecular weight excluding hydrogens is 250 g/mol. The molecule has 2 aromatic rings. The Morgan fingerprint density at radius 1 is 1.24 bits per heavy atom. The van der Waals surface area contributed by atoms with Gasteiger partial charge in [-0.05, 0) is 30.7 Å². The van der Waals surface area contributed by atoms with Gasteiger partial charge in [-0.3, -0.25) is 0 Å². The maximum atomic E-state index is 13.3. The van der Waals surface area contributed by atoms with Crippen LogP contribution in [-0.4, -0.2) is 9.97 Å². The predicted molar refractivity (Wildman–Crippen MR) is 58.2 cm³/mol. The summed E-state index contributed by atoms with van der Waals surface area (Å²) in [6.45, 7) is 1.68. The van der Waals surface area contributed by atoms with E-state index in [1.165, 1.54) is 18.2 Å². The molecule has 0 saturated carbocycles. The van der Waals surface area contributed by atoms with E-state index in [0.717, 1.165) is 6.07 Å². The second kappa shape index (κ2) is 4.63. The van der Waals surface area contributed by atoms with E-state index in [9.17, 15) is 8.78 Å². The number of ether oxygens (including phenoxy) is 1. The molecule has 0 fully saturated rings. The highest BCUT2D eigenvalue weighted by molar-refractivity contribution is 6.28. The smallest absolute Gasteiger partial charge is 0.225 e. The quantitative estimate of drug-likeness (QED) is 0.771. The Bertz CT molecular complexity index is 543. The molecule has 0 saturated heterocycles. The number of hydrogen-bond acceptors (Lipinski definition) is 3. The maximum absolute atomic E-state index is 13.3. The largest absolute Gasteiger partial charge is 0.436 e. The lowest BCUT2D eigenvalue weighted by molar-refractivity contribution is 0.404. The molecule has 1 aromatic carbocycles. The van der Waals surface area contributed by atoms with Gasteiger partial charge in [0.25, 0.3) is 0 Å². The van der Waals surface area contributed by atoms with Crippen LogP contribution in [0.3, 0.4) is 0 Å². The van der Waals surface area contributed by atoms with Crippen LogP contribution in [0.15, 0.2) is 24.3 Å². The lowest BCUT2D eigenvalue weighted by Gasteiger charge is -2.06. The number of benzene rings is 1. The minimum absolute atomic E-state index is 0.0168. The normalized spacial score (nSPS) is 10.4. The summed E-state index contributed by atoms with van der Waals surface area (Å²) in [4.78, 5) is 7.57. The van der Waals surface area contributed by atoms with Gasteiger partial charge in [-0.15, -0.1) is 0 Å². The van der Waals surface area contributed by atoms with Gasteiger partial charge in [-0.25, -0.2) is 9.37 Å². The van der Waals surface area contributed by atoms with Gasteiger partial charge in [-0.1, -0.05) is 6.07 Å². The first-order chi connectivity index (χ1) is 8.06. The summed E-state index contributed by atoms with van der Waals surface area (Å²) >= 11 is 5.62. The van der Waals surface area contributed by atoms with Crippen molar-refractivity contribution in [2.75, 3.05) is 0 Å². The molecule has 0 aliphatic carbocycles. The van der Waals surface area contributed by atoms with Gasteiger partial charge in [0.05, 0.1) is 0 Å². The summed E-state index contributed by atoms with van der Waals surface area (Å²) in [5.74, 6) is -2.24. The lowest BCUT2D eigenvalue weighted by atomic mass is 10.3. The molecule has 0 radical (unpaired) electrons. The van der Waals surface area contributed by atoms with E-state index in [1.54, 1.807) is 6.92 Å². The highest BCUT2D eigenvalue weighted by atomic mass is 35.5. The van der Waals surface area contributed by atoms with E-state index < -0.39 is 11.6 Å². The zero-order valence-electron chi connectivity index (χ0n) is 8.75. The van der Waals surface area contributed by atoms with Crippen molar-refractivity contribution < 1.29 is 13.5 Å². The van der Waals surface area contributed by atoms with Gasteiger partial charge >= 0.3 is 0 Å². The summed E-state index contributed by atoms with van der Waals surface area (Å²) < 4.78 is 31.3. The summed E-state index contributed by atoms with van der Waals surface area (Å²) in [5, 5.41) is -0.0168. The van der Waals surface area contributed by atoms with E-state index in [4.69, 9.17) is 16.3 Å². The molecule has 1 aromatic heterocycles. The Morgan fingerprint density at radius 2 is 2.00 bits per heavy atom. The number of aromatic nitrogens is 2. The third kappa shape index (κ3) is 2.68. The van der Waals surface area contributed by atoms with Crippen LogP contribution in [0.25, 0.3) is 0 Å². The molecule has 0 N–H and O–H groups in total. The average Bonchev–Trinajstić information content (AvgIpc) is 2.23. The minimum Gasteiger partial charge on any atom is -0.436 e. The third-order valence-electron chi connectivity index (χ3n) is 1.93. The van der Waals surface area contributed by atoms with Crippen LogP contribution < -0.4 is 4.74 Å². The Hall–Kier alpha value is -1.75. The van der Waals surface area contributed by atoms with Crippen molar-refractivity contribution in [3.63, 3.8) is 0 Å². The number of hydrogen-bond donors (Lipinski definition) is 0. The summed E-state index contributed by atoms with van der Waals surface area (Å²) in [6, 6.07) is 5.10. The van der Waals surface area contributed by atoms with Crippen LogP contribution in [0.4, 0.5) is 8.78 Å². The highest BCUT2D eigenvalue weighted by Gasteiger charge is 2.11. The van der Waals surface area contributed by atoms with E-state index in [2.05, 4.69) is 9.97 Å². The van der Waals surface area contributed by atoms with Crippen LogP contribution in [0.2, 0.25) is 5.28 Å². The molecule has 6 heteroatoms. The van der Waals surface area contributed by atoms with Crippen LogP contribution in [0.1, 0.15) is 5.69 Å². The first kappa shape index (κ1) is 11.7. The molecule has 0 amide bonds. The van der Waals surface area contributed by atoms with Crippen molar-refractivity contribution in [1.82, 2.24) is 9.97 Å². The van der Waals surface area contributed by atoms with E-state index in [-0.39, 0.29) is 16.9 Å². The molecule has 1 heterocycles. The van der Waals surface area contributed by atoms with Gasteiger partial charge < -0.3 is 4.74 Å². The maximum Gasteiger partial charge on any atom is 0.225 e. The van der Waals surface area contributed by atoms with Crippen molar-refractivity contribution in [2.45, 2.75) is 6.92 Å². The van der Waals surface area contributed by atoms with Crippen molar-refractivity contribution in [3.05, 3.63) is 46.9 Å². The van der Waals surface area contributed by atoms with Crippen molar-refractivity contribution in [3.8, 4) is 11.6 Å². The Morgan fingerprint density at radius 3 is 2.71 bits per heavy atom. The number of halogens is 3. The van der Waals surface area contributed by atoms with Gasteiger partial charge in [0, 0.05) is 11.8 Å². The number of aryl methyl sites for hydroxylation is 1. The molecule has 3 nitrogen and oxygen atoms in total. The number of rotatable bonds is 2. The summed E-state index contributed by atoms with van der Waals surface area (Å²) in [6.07, 6.45) is 0. The zero-order chi connectivity index (χ0) is 12.4. The van der Waals surface area contributed by atoms with Crippen molar-refractivity contribution in [2.24, 2.45) is 0 Å². The molecule has 17 heavy (non-hydrogen) atoms. The summed E-state index contributed by atoms with van der Waals surface area (Å²) in [7, 11) is 0. The minimum atomic E-state index is -1.07. The van der Waals surface area contributed by atoms with Crippen LogP contribution in [0, 0.1) is 18.6 Å². The lowest BCUT2D eigenvalue weighted by Crippen LogP contribution is -1.95. The standard InChI is InChI=1S/C11H7ClF2N2O/c1-6-5-9(16-11(12)15-6)17-8-4-2-3-7(13)10(8)14/h2-5H,1H3. The number of nitrogens with zero attached hydrogens (tertiary/aromatic N) is 2. The van der Waals surface area contributed by atoms with E-state index >= 15 is 0 Å². The van der Waals surface area contributed by atoms with Crippen molar-refractivity contribution in [1.29, 1.82) is 0 Å². The Balaban J connectivity index is 2.34. The molecule has 0 spiro atoms. The SMILES string of the molecule is Cc1cc(Oc2cccc(F)c2F)nc(Cl)n1. The van der Waals surface area contributed by atoms with E-state index in [1.807, 2.05) is 0 Å². The molecule has 0 aliphatic heterocycles. The molecule has 2 rings (SSSR count). The fourth-order valence-electron chi connectivity index (χ4n) is 1.23. The van der Waals surface area contributed by atoms with Crippen LogP contribution in [0.5, 0.6) is 11.6 Å². The fourth-order valence-corrected chi connectivity index (χ4v) is 1.45. The Kier molecular flexibility index (Phi) is 3.19. The van der Waals surface area contributed by atoms with Gasteiger partial charge in [-0.2, -0.15) is 9.37 Å². The van der Waals surface area contributed by atoms with E-state index in [0.29, 0.717) is 5.69 Å². The predicted octanol–water partition coefficient (Wildman–Crippen LogP) is 3.51. The third-order valence-corrected chi connectivity index (χ3v) is 2.10. The Labute approximate surface area is 101 Å². The average molecular weight is 257 g/mol. The van der Waals surface area contributed by atoms with Gasteiger partial charge in [0.1, 0.15) is 0 Å². The molecular formula is C11H7ClF2N2O. The molecule has 88 valence electrons. The molecule has 0 aliphatic rings. The van der Waals surface area contributed by atoms with Gasteiger partial charge in [0.2, 0.25) is 17.0 Å². The topological polar surface area (TPSA) is 35.0 Å². The zero-order valence-corrected chi connectivity index (χ0v) is 9.50. The second-order valence-corrected chi connectivity index (χ2v) is 3.61. The van der Waals surface area contributed by atoms with Crippen LogP contribution >= 0.6 is 11.6 Å².